The van der Waals surface area contributed by atoms with Gasteiger partial charge in [0.2, 0.25) is 5.91 Å². The summed E-state index contributed by atoms with van der Waals surface area (Å²) in [5.74, 6) is 0.519. The molecular weight excluding hydrogens is 364 g/mol. The quantitative estimate of drug-likeness (QED) is 0.693. The lowest BCUT2D eigenvalue weighted by molar-refractivity contribution is -0.134. The molecule has 1 aliphatic heterocycles. The molecule has 146 valence electrons. The van der Waals surface area contributed by atoms with Gasteiger partial charge in [-0.25, -0.2) is 0 Å². The number of ether oxygens (including phenoxy) is 1. The largest absolute Gasteiger partial charge is 0.467 e. The van der Waals surface area contributed by atoms with Crippen molar-refractivity contribution < 1.29 is 18.7 Å². The average molecular weight is 391 g/mol. The molecular formula is C20H26N2O4S. The van der Waals surface area contributed by atoms with Crippen LogP contribution in [0.3, 0.4) is 0 Å². The minimum Gasteiger partial charge on any atom is -0.467 e. The molecule has 7 heteroatoms. The molecule has 2 aromatic rings. The Morgan fingerprint density at radius 1 is 1.30 bits per heavy atom. The number of amides is 2. The number of nitrogens with zero attached hydrogens (tertiary/aromatic N) is 2. The van der Waals surface area contributed by atoms with Crippen LogP contribution < -0.4 is 0 Å². The predicted molar refractivity (Wildman–Crippen MR) is 104 cm³/mol. The minimum atomic E-state index is -0.108. The van der Waals surface area contributed by atoms with Gasteiger partial charge in [0.25, 0.3) is 5.91 Å². The van der Waals surface area contributed by atoms with Gasteiger partial charge >= 0.3 is 0 Å². The summed E-state index contributed by atoms with van der Waals surface area (Å²) in [5.41, 5.74) is 0. The zero-order valence-corrected chi connectivity index (χ0v) is 16.6. The summed E-state index contributed by atoms with van der Waals surface area (Å²) in [7, 11) is 0. The Hall–Kier alpha value is -2.12. The number of hydrogen-bond acceptors (Lipinski definition) is 5. The van der Waals surface area contributed by atoms with Gasteiger partial charge in [-0.1, -0.05) is 6.07 Å². The van der Waals surface area contributed by atoms with Crippen molar-refractivity contribution in [3.8, 4) is 0 Å². The third-order valence-electron chi connectivity index (χ3n) is 4.65. The number of carbonyl (C=O) groups excluding carboxylic acids is 2. The fraction of sp³-hybridized carbons (Fsp3) is 0.500. The van der Waals surface area contributed by atoms with Crippen LogP contribution in [0.5, 0.6) is 0 Å². The van der Waals surface area contributed by atoms with Gasteiger partial charge in [0.05, 0.1) is 23.8 Å². The number of furan rings is 1. The van der Waals surface area contributed by atoms with Crippen LogP contribution in [0, 0.1) is 0 Å². The zero-order valence-electron chi connectivity index (χ0n) is 15.8. The smallest absolute Gasteiger partial charge is 0.264 e. The predicted octanol–water partition coefficient (Wildman–Crippen LogP) is 3.40. The SMILES string of the molecule is CC(C)N(CC(=O)N(Cc1ccco1)C[C@@H]1CCCO1)C(=O)c1cccs1. The lowest BCUT2D eigenvalue weighted by atomic mass is 10.2. The maximum atomic E-state index is 13.1. The van der Waals surface area contributed by atoms with Crippen LogP contribution in [0.2, 0.25) is 0 Å². The van der Waals surface area contributed by atoms with Crippen LogP contribution in [-0.2, 0) is 16.1 Å². The van der Waals surface area contributed by atoms with E-state index < -0.39 is 0 Å². The molecule has 6 nitrogen and oxygen atoms in total. The second-order valence-corrected chi connectivity index (χ2v) is 7.94. The molecule has 0 radical (unpaired) electrons. The first-order valence-corrected chi connectivity index (χ1v) is 10.2. The van der Waals surface area contributed by atoms with Gasteiger partial charge in [-0.3, -0.25) is 9.59 Å². The molecule has 2 aromatic heterocycles. The first kappa shape index (κ1) is 19.6. The summed E-state index contributed by atoms with van der Waals surface area (Å²) in [6.45, 7) is 5.53. The van der Waals surface area contributed by atoms with Crippen molar-refractivity contribution in [2.75, 3.05) is 19.7 Å². The Kier molecular flexibility index (Phi) is 6.68. The van der Waals surface area contributed by atoms with Crippen molar-refractivity contribution in [1.29, 1.82) is 0 Å². The van der Waals surface area contributed by atoms with Crippen LogP contribution in [0.15, 0.2) is 40.3 Å². The van der Waals surface area contributed by atoms with Gasteiger partial charge in [-0.15, -0.1) is 11.3 Å². The van der Waals surface area contributed by atoms with Crippen molar-refractivity contribution in [2.45, 2.75) is 45.4 Å². The van der Waals surface area contributed by atoms with Crippen LogP contribution in [0.25, 0.3) is 0 Å². The van der Waals surface area contributed by atoms with Crippen molar-refractivity contribution >= 4 is 23.2 Å². The maximum absolute atomic E-state index is 13.1. The van der Waals surface area contributed by atoms with Crippen LogP contribution in [0.1, 0.15) is 42.1 Å². The number of thiophene rings is 1. The fourth-order valence-electron chi connectivity index (χ4n) is 3.16. The zero-order chi connectivity index (χ0) is 19.2. The van der Waals surface area contributed by atoms with E-state index >= 15 is 0 Å². The summed E-state index contributed by atoms with van der Waals surface area (Å²) >= 11 is 1.39. The van der Waals surface area contributed by atoms with E-state index in [1.165, 1.54) is 11.3 Å². The van der Waals surface area contributed by atoms with Crippen LogP contribution in [0.4, 0.5) is 0 Å². The van der Waals surface area contributed by atoms with Gasteiger partial charge in [0.15, 0.2) is 0 Å². The summed E-state index contributed by atoms with van der Waals surface area (Å²) in [4.78, 5) is 29.9. The molecule has 1 aliphatic rings. The first-order chi connectivity index (χ1) is 13.0. The monoisotopic (exact) mass is 390 g/mol. The van der Waals surface area contributed by atoms with E-state index in [4.69, 9.17) is 9.15 Å². The van der Waals surface area contributed by atoms with E-state index in [2.05, 4.69) is 0 Å². The molecule has 0 bridgehead atoms. The van der Waals surface area contributed by atoms with E-state index in [1.807, 2.05) is 37.4 Å². The molecule has 2 amide bonds. The molecule has 1 fully saturated rings. The Balaban J connectivity index is 1.71. The Labute approximate surface area is 163 Å². The lowest BCUT2D eigenvalue weighted by Gasteiger charge is -2.30. The van der Waals surface area contributed by atoms with Crippen LogP contribution >= 0.6 is 11.3 Å². The van der Waals surface area contributed by atoms with Gasteiger partial charge in [-0.05, 0) is 50.3 Å². The molecule has 0 N–H and O–H groups in total. The molecule has 3 rings (SSSR count). The molecule has 0 unspecified atom stereocenters. The Morgan fingerprint density at radius 3 is 2.74 bits per heavy atom. The third kappa shape index (κ3) is 5.20. The van der Waals surface area contributed by atoms with E-state index in [9.17, 15) is 9.59 Å². The summed E-state index contributed by atoms with van der Waals surface area (Å²) in [5, 5.41) is 1.87. The molecule has 0 saturated carbocycles. The standard InChI is InChI=1S/C20H26N2O4S/c1-15(2)22(20(24)18-8-5-11-27-18)14-19(23)21(12-16-6-3-9-25-16)13-17-7-4-10-26-17/h3,5-6,8-9,11,15,17H,4,7,10,12-14H2,1-2H3/t17-/m0/s1. The van der Waals surface area contributed by atoms with E-state index in [-0.39, 0.29) is 30.5 Å². The Morgan fingerprint density at radius 2 is 2.15 bits per heavy atom. The highest BCUT2D eigenvalue weighted by Crippen LogP contribution is 2.18. The topological polar surface area (TPSA) is 63.0 Å². The van der Waals surface area contributed by atoms with Crippen molar-refractivity contribution in [3.05, 3.63) is 46.5 Å². The second-order valence-electron chi connectivity index (χ2n) is 6.99. The highest BCUT2D eigenvalue weighted by atomic mass is 32.1. The summed E-state index contributed by atoms with van der Waals surface area (Å²) in [6.07, 6.45) is 3.61. The van der Waals surface area contributed by atoms with E-state index in [0.29, 0.717) is 18.0 Å². The van der Waals surface area contributed by atoms with E-state index in [1.54, 1.807) is 22.1 Å². The van der Waals surface area contributed by atoms with Crippen LogP contribution in [-0.4, -0.2) is 53.5 Å². The first-order valence-electron chi connectivity index (χ1n) is 9.31. The maximum Gasteiger partial charge on any atom is 0.264 e. The molecule has 1 saturated heterocycles. The number of hydrogen-bond donors (Lipinski definition) is 0. The molecule has 3 heterocycles. The second kappa shape index (κ2) is 9.19. The average Bonchev–Trinajstić information content (AvgIpc) is 3.41. The fourth-order valence-corrected chi connectivity index (χ4v) is 3.83. The van der Waals surface area contributed by atoms with Crippen molar-refractivity contribution in [1.82, 2.24) is 9.80 Å². The minimum absolute atomic E-state index is 0.0435. The highest BCUT2D eigenvalue weighted by molar-refractivity contribution is 7.12. The van der Waals surface area contributed by atoms with E-state index in [0.717, 1.165) is 25.2 Å². The lowest BCUT2D eigenvalue weighted by Crippen LogP contribution is -2.47. The van der Waals surface area contributed by atoms with Crippen molar-refractivity contribution in [2.24, 2.45) is 0 Å². The van der Waals surface area contributed by atoms with Gasteiger partial charge < -0.3 is 19.0 Å². The van der Waals surface area contributed by atoms with Gasteiger partial charge in [-0.2, -0.15) is 0 Å². The molecule has 0 spiro atoms. The summed E-state index contributed by atoms with van der Waals surface area (Å²) in [6, 6.07) is 7.23. The molecule has 1 atom stereocenters. The molecule has 0 aliphatic carbocycles. The number of carbonyl (C=O) groups is 2. The van der Waals surface area contributed by atoms with Crippen molar-refractivity contribution in [3.63, 3.8) is 0 Å². The Bertz CT molecular complexity index is 721. The third-order valence-corrected chi connectivity index (χ3v) is 5.51. The van der Waals surface area contributed by atoms with Gasteiger partial charge in [0, 0.05) is 19.2 Å². The highest BCUT2D eigenvalue weighted by Gasteiger charge is 2.28. The molecule has 0 aromatic carbocycles. The normalized spacial score (nSPS) is 16.6. The number of rotatable bonds is 8. The summed E-state index contributed by atoms with van der Waals surface area (Å²) < 4.78 is 11.1. The van der Waals surface area contributed by atoms with Gasteiger partial charge in [0.1, 0.15) is 12.3 Å². The molecule has 27 heavy (non-hydrogen) atoms.